The van der Waals surface area contributed by atoms with E-state index in [1.54, 1.807) is 24.3 Å². The third-order valence-electron chi connectivity index (χ3n) is 3.07. The van der Waals surface area contributed by atoms with Gasteiger partial charge in [0.25, 0.3) is 5.91 Å². The Balaban J connectivity index is 1.94. The number of halogens is 1. The van der Waals surface area contributed by atoms with Crippen molar-refractivity contribution in [1.82, 2.24) is 9.73 Å². The molecule has 6 nitrogen and oxygen atoms in total. The summed E-state index contributed by atoms with van der Waals surface area (Å²) in [5, 5.41) is 3.68. The monoisotopic (exact) mass is 349 g/mol. The predicted octanol–water partition coefficient (Wildman–Crippen LogP) is 1.60. The average Bonchev–Trinajstić information content (AvgIpc) is 2.55. The van der Waals surface area contributed by atoms with Gasteiger partial charge in [-0.25, -0.2) is 18.2 Å². The number of nitrogens with one attached hydrogen (secondary N) is 1. The molecule has 1 amide bonds. The molecule has 0 spiro atoms. The van der Waals surface area contributed by atoms with Crippen LogP contribution in [0.2, 0.25) is 0 Å². The molecule has 0 aliphatic carbocycles. The molecular weight excluding hydrogens is 333 g/mol. The van der Waals surface area contributed by atoms with E-state index in [1.807, 2.05) is 0 Å². The molecule has 0 radical (unpaired) electrons. The van der Waals surface area contributed by atoms with Crippen LogP contribution in [0.15, 0.2) is 64.6 Å². The second kappa shape index (κ2) is 7.80. The van der Waals surface area contributed by atoms with E-state index < -0.39 is 28.3 Å². The summed E-state index contributed by atoms with van der Waals surface area (Å²) in [6, 6.07) is 13.5. The summed E-state index contributed by atoms with van der Waals surface area (Å²) in [5.74, 6) is -1.02. The molecule has 0 saturated heterocycles. The number of hydrogen-bond acceptors (Lipinski definition) is 4. The molecule has 0 bridgehead atoms. The first kappa shape index (κ1) is 17.8. The first-order valence-electron chi connectivity index (χ1n) is 6.98. The van der Waals surface area contributed by atoms with Crippen LogP contribution in [0.25, 0.3) is 0 Å². The number of nitrogens with zero attached hydrogens (tertiary/aromatic N) is 2. The molecular formula is C16H16FN3O3S. The van der Waals surface area contributed by atoms with E-state index in [2.05, 4.69) is 10.5 Å². The van der Waals surface area contributed by atoms with Gasteiger partial charge in [0.1, 0.15) is 5.82 Å². The number of carbonyl (C=O) groups excluding carboxylic acids is 1. The summed E-state index contributed by atoms with van der Waals surface area (Å²) in [6.45, 7) is -0.391. The van der Waals surface area contributed by atoms with Gasteiger partial charge in [-0.15, -0.1) is 0 Å². The fourth-order valence-corrected chi connectivity index (χ4v) is 3.01. The molecule has 2 aromatic carbocycles. The van der Waals surface area contributed by atoms with Crippen molar-refractivity contribution in [2.75, 3.05) is 13.6 Å². The zero-order chi connectivity index (χ0) is 17.6. The summed E-state index contributed by atoms with van der Waals surface area (Å²) in [5.41, 5.74) is 2.68. The van der Waals surface area contributed by atoms with Gasteiger partial charge < -0.3 is 0 Å². The third kappa shape index (κ3) is 4.71. The summed E-state index contributed by atoms with van der Waals surface area (Å²) >= 11 is 0. The molecule has 0 aliphatic rings. The second-order valence-electron chi connectivity index (χ2n) is 4.92. The quantitative estimate of drug-likeness (QED) is 0.635. The van der Waals surface area contributed by atoms with Crippen molar-refractivity contribution >= 4 is 22.1 Å². The molecule has 8 heteroatoms. The number of rotatable bonds is 6. The minimum Gasteiger partial charge on any atom is -0.272 e. The Morgan fingerprint density at radius 2 is 1.92 bits per heavy atom. The standard InChI is InChI=1S/C16H16FN3O3S/c1-20(24(22,23)15-8-3-2-4-9-15)12-16(21)19-18-11-13-6-5-7-14(17)10-13/h2-11H,12H2,1H3,(H,19,21)/b18-11-. The van der Waals surface area contributed by atoms with Crippen LogP contribution in [0.4, 0.5) is 4.39 Å². The highest BCUT2D eigenvalue weighted by Crippen LogP contribution is 2.12. The number of likely N-dealkylation sites (N-methyl/N-ethyl adjacent to an activating group) is 1. The fourth-order valence-electron chi connectivity index (χ4n) is 1.86. The first-order chi connectivity index (χ1) is 11.4. The van der Waals surface area contributed by atoms with Gasteiger partial charge >= 0.3 is 0 Å². The Morgan fingerprint density at radius 3 is 2.58 bits per heavy atom. The second-order valence-corrected chi connectivity index (χ2v) is 6.97. The maximum absolute atomic E-state index is 13.0. The van der Waals surface area contributed by atoms with E-state index in [1.165, 1.54) is 43.6 Å². The topological polar surface area (TPSA) is 78.8 Å². The molecule has 0 unspecified atom stereocenters. The van der Waals surface area contributed by atoms with Gasteiger partial charge in [-0.2, -0.15) is 9.41 Å². The van der Waals surface area contributed by atoms with Gasteiger partial charge in [0, 0.05) is 7.05 Å². The molecule has 24 heavy (non-hydrogen) atoms. The van der Waals surface area contributed by atoms with Gasteiger partial charge in [-0.3, -0.25) is 4.79 Å². The highest BCUT2D eigenvalue weighted by Gasteiger charge is 2.22. The van der Waals surface area contributed by atoms with Crippen LogP contribution in [-0.2, 0) is 14.8 Å². The van der Waals surface area contributed by atoms with Crippen LogP contribution in [0.1, 0.15) is 5.56 Å². The normalized spacial score (nSPS) is 11.8. The van der Waals surface area contributed by atoms with Crippen molar-refractivity contribution < 1.29 is 17.6 Å². The Bertz CT molecular complexity index is 839. The van der Waals surface area contributed by atoms with Gasteiger partial charge in [0.05, 0.1) is 17.7 Å². The molecule has 0 atom stereocenters. The van der Waals surface area contributed by atoms with Gasteiger partial charge in [0.2, 0.25) is 10.0 Å². The van der Waals surface area contributed by atoms with Crippen molar-refractivity contribution in [1.29, 1.82) is 0 Å². The molecule has 2 aromatic rings. The van der Waals surface area contributed by atoms with Crippen molar-refractivity contribution in [3.05, 3.63) is 66.0 Å². The van der Waals surface area contributed by atoms with Crippen molar-refractivity contribution in [3.8, 4) is 0 Å². The number of hydrogen-bond donors (Lipinski definition) is 1. The number of sulfonamides is 1. The molecule has 0 fully saturated rings. The van der Waals surface area contributed by atoms with E-state index in [-0.39, 0.29) is 4.90 Å². The number of hydrazone groups is 1. The molecule has 0 aromatic heterocycles. The Morgan fingerprint density at radius 1 is 1.21 bits per heavy atom. The predicted molar refractivity (Wildman–Crippen MR) is 88.4 cm³/mol. The Labute approximate surface area is 139 Å². The third-order valence-corrected chi connectivity index (χ3v) is 4.89. The molecule has 2 rings (SSSR count). The largest absolute Gasteiger partial charge is 0.272 e. The summed E-state index contributed by atoms with van der Waals surface area (Å²) in [7, 11) is -2.44. The summed E-state index contributed by atoms with van der Waals surface area (Å²) in [6.07, 6.45) is 1.27. The smallest absolute Gasteiger partial charge is 0.255 e. The number of amides is 1. The van der Waals surface area contributed by atoms with Crippen LogP contribution in [0.3, 0.4) is 0 Å². The number of benzene rings is 2. The van der Waals surface area contributed by atoms with E-state index in [0.29, 0.717) is 5.56 Å². The minimum absolute atomic E-state index is 0.101. The van der Waals surface area contributed by atoms with Crippen molar-refractivity contribution in [2.45, 2.75) is 4.90 Å². The van der Waals surface area contributed by atoms with Crippen molar-refractivity contribution in [3.63, 3.8) is 0 Å². The molecule has 126 valence electrons. The highest BCUT2D eigenvalue weighted by atomic mass is 32.2. The van der Waals surface area contributed by atoms with Gasteiger partial charge in [-0.05, 0) is 29.8 Å². The van der Waals surface area contributed by atoms with Crippen LogP contribution in [-0.4, -0.2) is 38.4 Å². The van der Waals surface area contributed by atoms with Crippen molar-refractivity contribution in [2.24, 2.45) is 5.10 Å². The molecule has 0 saturated carbocycles. The molecule has 1 N–H and O–H groups in total. The van der Waals surface area contributed by atoms with Crippen LogP contribution in [0.5, 0.6) is 0 Å². The number of carbonyl (C=O) groups is 1. The molecule has 0 aliphatic heterocycles. The van der Waals surface area contributed by atoms with Gasteiger partial charge in [-0.1, -0.05) is 30.3 Å². The Kier molecular flexibility index (Phi) is 5.78. The summed E-state index contributed by atoms with van der Waals surface area (Å²) in [4.78, 5) is 11.9. The summed E-state index contributed by atoms with van der Waals surface area (Å²) < 4.78 is 38.5. The van der Waals surface area contributed by atoms with Crippen LogP contribution < -0.4 is 5.43 Å². The average molecular weight is 349 g/mol. The lowest BCUT2D eigenvalue weighted by Gasteiger charge is -2.15. The maximum atomic E-state index is 13.0. The van der Waals surface area contributed by atoms with Gasteiger partial charge in [0.15, 0.2) is 0 Å². The Hall–Kier alpha value is -2.58. The van der Waals surface area contributed by atoms with E-state index in [0.717, 1.165) is 4.31 Å². The van der Waals surface area contributed by atoms with Crippen LogP contribution in [0, 0.1) is 5.82 Å². The van der Waals surface area contributed by atoms with Crippen LogP contribution >= 0.6 is 0 Å². The fraction of sp³-hybridized carbons (Fsp3) is 0.125. The SMILES string of the molecule is CN(CC(=O)N/N=C\c1cccc(F)c1)S(=O)(=O)c1ccccc1. The minimum atomic E-state index is -3.75. The zero-order valence-electron chi connectivity index (χ0n) is 12.9. The first-order valence-corrected chi connectivity index (χ1v) is 8.42. The lowest BCUT2D eigenvalue weighted by Crippen LogP contribution is -2.36. The lowest BCUT2D eigenvalue weighted by molar-refractivity contribution is -0.121. The highest BCUT2D eigenvalue weighted by molar-refractivity contribution is 7.89. The molecule has 0 heterocycles. The zero-order valence-corrected chi connectivity index (χ0v) is 13.7. The van der Waals surface area contributed by atoms with E-state index in [9.17, 15) is 17.6 Å². The van der Waals surface area contributed by atoms with E-state index in [4.69, 9.17) is 0 Å². The van der Waals surface area contributed by atoms with E-state index >= 15 is 0 Å². The maximum Gasteiger partial charge on any atom is 0.255 e. The lowest BCUT2D eigenvalue weighted by atomic mass is 10.2.